The molecule has 1 rings (SSSR count). The number of nitrogens with two attached hydrogens (primary N) is 1. The lowest BCUT2D eigenvalue weighted by Crippen LogP contribution is -2.42. The number of hydrogen-bond donors (Lipinski definition) is 2. The Balaban J connectivity index is 0.00000361. The lowest BCUT2D eigenvalue weighted by Gasteiger charge is -2.20. The Morgan fingerprint density at radius 3 is 2.45 bits per heavy atom. The summed E-state index contributed by atoms with van der Waals surface area (Å²) < 4.78 is 0. The van der Waals surface area contributed by atoms with Crippen LogP contribution >= 0.6 is 35.6 Å². The molecule has 0 saturated heterocycles. The van der Waals surface area contributed by atoms with Gasteiger partial charge in [0.05, 0.1) is 22.1 Å². The van der Waals surface area contributed by atoms with Gasteiger partial charge in [-0.3, -0.25) is 4.79 Å². The predicted molar refractivity (Wildman–Crippen MR) is 87.7 cm³/mol. The lowest BCUT2D eigenvalue weighted by molar-refractivity contribution is -0.123. The highest BCUT2D eigenvalue weighted by molar-refractivity contribution is 6.42. The van der Waals surface area contributed by atoms with Gasteiger partial charge in [-0.15, -0.1) is 12.4 Å². The minimum absolute atomic E-state index is 0. The van der Waals surface area contributed by atoms with Crippen molar-refractivity contribution in [3.05, 3.63) is 33.8 Å². The number of amides is 1. The standard InChI is InChI=1S/C14H20Cl2N2O.ClH/c1-8(2)7-12(17)14(19)18-9(3)10-5-4-6-11(15)13(10)16;/h4-6,8-9,12H,7,17H2,1-3H3,(H,18,19);1H/t9?,12-;/m0./s1. The summed E-state index contributed by atoms with van der Waals surface area (Å²) in [4.78, 5) is 11.9. The summed E-state index contributed by atoms with van der Waals surface area (Å²) in [6, 6.07) is 4.64. The highest BCUT2D eigenvalue weighted by Gasteiger charge is 2.19. The third kappa shape index (κ3) is 5.49. The predicted octanol–water partition coefficient (Wildman–Crippen LogP) is 3.97. The largest absolute Gasteiger partial charge is 0.348 e. The molecule has 1 aromatic rings. The van der Waals surface area contributed by atoms with Crippen LogP contribution in [0.4, 0.5) is 0 Å². The molecular weight excluding hydrogens is 319 g/mol. The lowest BCUT2D eigenvalue weighted by atomic mass is 10.0. The van der Waals surface area contributed by atoms with Gasteiger partial charge in [-0.2, -0.15) is 0 Å². The quantitative estimate of drug-likeness (QED) is 0.853. The molecule has 6 heteroatoms. The fourth-order valence-corrected chi connectivity index (χ4v) is 2.34. The minimum atomic E-state index is -0.500. The van der Waals surface area contributed by atoms with Crippen molar-refractivity contribution >= 4 is 41.5 Å². The molecule has 1 amide bonds. The average Bonchev–Trinajstić information content (AvgIpc) is 2.31. The summed E-state index contributed by atoms with van der Waals surface area (Å²) in [5, 5.41) is 3.81. The van der Waals surface area contributed by atoms with Crippen molar-refractivity contribution < 1.29 is 4.79 Å². The van der Waals surface area contributed by atoms with E-state index in [1.807, 2.05) is 26.8 Å². The van der Waals surface area contributed by atoms with Gasteiger partial charge in [0.25, 0.3) is 0 Å². The fourth-order valence-electron chi connectivity index (χ4n) is 1.87. The highest BCUT2D eigenvalue weighted by atomic mass is 35.5. The van der Waals surface area contributed by atoms with E-state index in [0.717, 1.165) is 5.56 Å². The molecule has 0 fully saturated rings. The van der Waals surface area contributed by atoms with Crippen LogP contribution in [0.15, 0.2) is 18.2 Å². The molecule has 0 aliphatic heterocycles. The zero-order chi connectivity index (χ0) is 14.6. The van der Waals surface area contributed by atoms with Crippen LogP contribution in [0, 0.1) is 5.92 Å². The molecule has 0 spiro atoms. The van der Waals surface area contributed by atoms with Gasteiger partial charge in [0.1, 0.15) is 0 Å². The average molecular weight is 340 g/mol. The number of carbonyl (C=O) groups excluding carboxylic acids is 1. The summed E-state index contributed by atoms with van der Waals surface area (Å²) in [5.41, 5.74) is 6.63. The molecule has 20 heavy (non-hydrogen) atoms. The Labute approximate surface area is 136 Å². The molecule has 2 atom stereocenters. The van der Waals surface area contributed by atoms with Gasteiger partial charge in [-0.05, 0) is 30.9 Å². The first-order chi connectivity index (χ1) is 8.82. The van der Waals surface area contributed by atoms with Gasteiger partial charge in [0.15, 0.2) is 0 Å². The van der Waals surface area contributed by atoms with Crippen LogP contribution < -0.4 is 11.1 Å². The van der Waals surface area contributed by atoms with Gasteiger partial charge < -0.3 is 11.1 Å². The molecule has 3 nitrogen and oxygen atoms in total. The molecule has 0 aliphatic rings. The number of rotatable bonds is 5. The molecule has 0 heterocycles. The zero-order valence-corrected chi connectivity index (χ0v) is 14.1. The van der Waals surface area contributed by atoms with Crippen LogP contribution in [0.1, 0.15) is 38.8 Å². The van der Waals surface area contributed by atoms with Crippen LogP contribution in [0.2, 0.25) is 10.0 Å². The molecule has 1 aromatic carbocycles. The molecule has 1 unspecified atom stereocenters. The molecule has 0 radical (unpaired) electrons. The third-order valence-corrected chi connectivity index (χ3v) is 3.70. The number of hydrogen-bond acceptors (Lipinski definition) is 2. The Morgan fingerprint density at radius 1 is 1.30 bits per heavy atom. The molecule has 0 aliphatic carbocycles. The van der Waals surface area contributed by atoms with Crippen molar-refractivity contribution in [3.8, 4) is 0 Å². The second-order valence-electron chi connectivity index (χ2n) is 5.11. The maximum absolute atomic E-state index is 11.9. The first-order valence-corrected chi connectivity index (χ1v) is 7.08. The second-order valence-corrected chi connectivity index (χ2v) is 5.89. The van der Waals surface area contributed by atoms with Gasteiger partial charge in [0, 0.05) is 0 Å². The van der Waals surface area contributed by atoms with E-state index in [0.29, 0.717) is 22.4 Å². The smallest absolute Gasteiger partial charge is 0.237 e. The highest BCUT2D eigenvalue weighted by Crippen LogP contribution is 2.29. The van der Waals surface area contributed by atoms with E-state index in [-0.39, 0.29) is 24.4 Å². The van der Waals surface area contributed by atoms with Crippen LogP contribution in [-0.2, 0) is 4.79 Å². The Morgan fingerprint density at radius 2 is 1.90 bits per heavy atom. The SMILES string of the molecule is CC(C)C[C@H](N)C(=O)NC(C)c1cccc(Cl)c1Cl.Cl. The monoisotopic (exact) mass is 338 g/mol. The van der Waals surface area contributed by atoms with E-state index in [2.05, 4.69) is 5.32 Å². The van der Waals surface area contributed by atoms with E-state index in [4.69, 9.17) is 28.9 Å². The molecule has 0 aromatic heterocycles. The van der Waals surface area contributed by atoms with Crippen molar-refractivity contribution in [2.75, 3.05) is 0 Å². The topological polar surface area (TPSA) is 55.1 Å². The van der Waals surface area contributed by atoms with E-state index in [1.165, 1.54) is 0 Å². The maximum Gasteiger partial charge on any atom is 0.237 e. The molecule has 114 valence electrons. The van der Waals surface area contributed by atoms with Crippen LogP contribution in [0.25, 0.3) is 0 Å². The summed E-state index contributed by atoms with van der Waals surface area (Å²) in [6.07, 6.45) is 0.655. The first kappa shape index (κ1) is 19.5. The number of nitrogens with one attached hydrogen (secondary N) is 1. The Kier molecular flexibility index (Phi) is 8.52. The third-order valence-electron chi connectivity index (χ3n) is 2.87. The summed E-state index contributed by atoms with van der Waals surface area (Å²) >= 11 is 12.1. The zero-order valence-electron chi connectivity index (χ0n) is 11.8. The summed E-state index contributed by atoms with van der Waals surface area (Å²) in [6.45, 7) is 5.92. The van der Waals surface area contributed by atoms with E-state index < -0.39 is 6.04 Å². The van der Waals surface area contributed by atoms with Gasteiger partial charge in [-0.25, -0.2) is 0 Å². The minimum Gasteiger partial charge on any atom is -0.348 e. The van der Waals surface area contributed by atoms with Crippen molar-refractivity contribution in [2.24, 2.45) is 11.7 Å². The fraction of sp³-hybridized carbons (Fsp3) is 0.500. The maximum atomic E-state index is 11.9. The second kappa shape index (κ2) is 8.73. The van der Waals surface area contributed by atoms with Gasteiger partial charge >= 0.3 is 0 Å². The number of benzene rings is 1. The summed E-state index contributed by atoms with van der Waals surface area (Å²) in [7, 11) is 0. The molecular formula is C14H21Cl3N2O. The van der Waals surface area contributed by atoms with Crippen LogP contribution in [0.5, 0.6) is 0 Å². The molecule has 0 saturated carbocycles. The van der Waals surface area contributed by atoms with E-state index in [9.17, 15) is 4.79 Å². The van der Waals surface area contributed by atoms with Crippen LogP contribution in [0.3, 0.4) is 0 Å². The van der Waals surface area contributed by atoms with Gasteiger partial charge in [0.2, 0.25) is 5.91 Å². The normalized spacial score (nSPS) is 13.6. The molecule has 3 N–H and O–H groups in total. The van der Waals surface area contributed by atoms with E-state index >= 15 is 0 Å². The summed E-state index contributed by atoms with van der Waals surface area (Å²) in [5.74, 6) is 0.211. The first-order valence-electron chi connectivity index (χ1n) is 6.32. The van der Waals surface area contributed by atoms with Crippen molar-refractivity contribution in [3.63, 3.8) is 0 Å². The number of halogens is 3. The van der Waals surface area contributed by atoms with Crippen molar-refractivity contribution in [1.29, 1.82) is 0 Å². The Hall–Kier alpha value is -0.480. The van der Waals surface area contributed by atoms with E-state index in [1.54, 1.807) is 12.1 Å². The number of carbonyl (C=O) groups is 1. The molecule has 0 bridgehead atoms. The Bertz CT molecular complexity index is 452. The van der Waals surface area contributed by atoms with Crippen molar-refractivity contribution in [1.82, 2.24) is 5.32 Å². The van der Waals surface area contributed by atoms with Crippen LogP contribution in [-0.4, -0.2) is 11.9 Å². The van der Waals surface area contributed by atoms with Crippen molar-refractivity contribution in [2.45, 2.75) is 39.3 Å². The van der Waals surface area contributed by atoms with Gasteiger partial charge in [-0.1, -0.05) is 49.2 Å².